The number of hydrogen-bond donors (Lipinski definition) is 1. The number of carboxylic acid groups (broad SMARTS) is 1. The zero-order valence-corrected chi connectivity index (χ0v) is 10.7. The Balaban J connectivity index is 2.16. The third kappa shape index (κ3) is 3.60. The van der Waals surface area contributed by atoms with Crippen molar-refractivity contribution in [2.75, 3.05) is 0 Å². The SMILES string of the molecule is O=C(O)c1ccc(C=CC(=O)c2ccc(F)cc2F)cc1. The maximum Gasteiger partial charge on any atom is 0.335 e. The molecule has 21 heavy (non-hydrogen) atoms. The molecule has 0 spiro atoms. The standard InChI is InChI=1S/C16H10F2O3/c17-12-6-7-13(14(18)9-12)15(19)8-3-10-1-4-11(5-2-10)16(20)21/h1-9H,(H,20,21). The van der Waals surface area contributed by atoms with E-state index < -0.39 is 23.4 Å². The highest BCUT2D eigenvalue weighted by Crippen LogP contribution is 2.12. The number of aromatic carboxylic acids is 1. The fourth-order valence-electron chi connectivity index (χ4n) is 1.69. The molecule has 0 unspecified atom stereocenters. The van der Waals surface area contributed by atoms with Gasteiger partial charge in [-0.05, 0) is 35.9 Å². The Labute approximate surface area is 119 Å². The van der Waals surface area contributed by atoms with Crippen LogP contribution in [0.3, 0.4) is 0 Å². The van der Waals surface area contributed by atoms with Crippen molar-refractivity contribution in [2.45, 2.75) is 0 Å². The monoisotopic (exact) mass is 288 g/mol. The Kier molecular flexibility index (Phi) is 4.23. The number of carboxylic acids is 1. The first-order valence-electron chi connectivity index (χ1n) is 5.98. The van der Waals surface area contributed by atoms with E-state index in [1.54, 1.807) is 0 Å². The zero-order chi connectivity index (χ0) is 15.4. The van der Waals surface area contributed by atoms with Gasteiger partial charge >= 0.3 is 5.97 Å². The molecule has 0 bridgehead atoms. The molecule has 5 heteroatoms. The lowest BCUT2D eigenvalue weighted by Crippen LogP contribution is -1.99. The van der Waals surface area contributed by atoms with Crippen LogP contribution in [0.25, 0.3) is 6.08 Å². The van der Waals surface area contributed by atoms with Gasteiger partial charge in [-0.25, -0.2) is 13.6 Å². The van der Waals surface area contributed by atoms with Crippen LogP contribution in [0, 0.1) is 11.6 Å². The first-order valence-corrected chi connectivity index (χ1v) is 5.98. The van der Waals surface area contributed by atoms with E-state index in [4.69, 9.17) is 5.11 Å². The van der Waals surface area contributed by atoms with Gasteiger partial charge in [-0.15, -0.1) is 0 Å². The number of ketones is 1. The fourth-order valence-corrected chi connectivity index (χ4v) is 1.69. The molecular formula is C16H10F2O3. The average Bonchev–Trinajstić information content (AvgIpc) is 2.45. The quantitative estimate of drug-likeness (QED) is 0.691. The van der Waals surface area contributed by atoms with Gasteiger partial charge in [0.2, 0.25) is 0 Å². The minimum absolute atomic E-state index is 0.128. The summed E-state index contributed by atoms with van der Waals surface area (Å²) in [7, 11) is 0. The summed E-state index contributed by atoms with van der Waals surface area (Å²) >= 11 is 0. The Morgan fingerprint density at radius 1 is 1.00 bits per heavy atom. The molecule has 2 aromatic carbocycles. The molecule has 0 radical (unpaired) electrons. The number of halogens is 2. The molecule has 106 valence electrons. The third-order valence-corrected chi connectivity index (χ3v) is 2.78. The van der Waals surface area contributed by atoms with E-state index in [2.05, 4.69) is 0 Å². The Morgan fingerprint density at radius 2 is 1.67 bits per heavy atom. The lowest BCUT2D eigenvalue weighted by Gasteiger charge is -1.99. The van der Waals surface area contributed by atoms with Gasteiger partial charge in [-0.2, -0.15) is 0 Å². The van der Waals surface area contributed by atoms with Crippen molar-refractivity contribution in [1.29, 1.82) is 0 Å². The topological polar surface area (TPSA) is 54.4 Å². The van der Waals surface area contributed by atoms with E-state index in [-0.39, 0.29) is 11.1 Å². The fraction of sp³-hybridized carbons (Fsp3) is 0. The van der Waals surface area contributed by atoms with Crippen LogP contribution in [-0.2, 0) is 0 Å². The molecule has 2 aromatic rings. The largest absolute Gasteiger partial charge is 0.478 e. The first kappa shape index (κ1) is 14.6. The summed E-state index contributed by atoms with van der Waals surface area (Å²) in [5.41, 5.74) is 0.494. The highest BCUT2D eigenvalue weighted by molar-refractivity contribution is 6.07. The van der Waals surface area contributed by atoms with Crippen LogP contribution in [0.5, 0.6) is 0 Å². The Bertz CT molecular complexity index is 719. The molecule has 3 nitrogen and oxygen atoms in total. The minimum Gasteiger partial charge on any atom is -0.478 e. The molecule has 0 aliphatic carbocycles. The Morgan fingerprint density at radius 3 is 2.24 bits per heavy atom. The van der Waals surface area contributed by atoms with Crippen molar-refractivity contribution < 1.29 is 23.5 Å². The number of carbonyl (C=O) groups is 2. The van der Waals surface area contributed by atoms with Crippen molar-refractivity contribution in [1.82, 2.24) is 0 Å². The van der Waals surface area contributed by atoms with Crippen LogP contribution in [-0.4, -0.2) is 16.9 Å². The van der Waals surface area contributed by atoms with Crippen LogP contribution in [0.4, 0.5) is 8.78 Å². The second-order valence-corrected chi connectivity index (χ2v) is 4.25. The molecule has 0 atom stereocenters. The molecule has 1 N–H and O–H groups in total. The third-order valence-electron chi connectivity index (χ3n) is 2.78. The van der Waals surface area contributed by atoms with Gasteiger partial charge in [-0.3, -0.25) is 4.79 Å². The number of carbonyl (C=O) groups excluding carboxylic acids is 1. The molecule has 0 amide bonds. The van der Waals surface area contributed by atoms with Crippen molar-refractivity contribution in [2.24, 2.45) is 0 Å². The van der Waals surface area contributed by atoms with Gasteiger partial charge in [0.1, 0.15) is 11.6 Å². The van der Waals surface area contributed by atoms with Crippen molar-refractivity contribution in [3.63, 3.8) is 0 Å². The van der Waals surface area contributed by atoms with Gasteiger partial charge in [0.15, 0.2) is 5.78 Å². The lowest BCUT2D eigenvalue weighted by molar-refractivity contribution is 0.0696. The van der Waals surface area contributed by atoms with Gasteiger partial charge in [-0.1, -0.05) is 18.2 Å². The van der Waals surface area contributed by atoms with Gasteiger partial charge in [0.05, 0.1) is 11.1 Å². The summed E-state index contributed by atoms with van der Waals surface area (Å²) in [4.78, 5) is 22.5. The van der Waals surface area contributed by atoms with E-state index in [1.165, 1.54) is 30.3 Å². The van der Waals surface area contributed by atoms with E-state index in [0.717, 1.165) is 18.2 Å². The highest BCUT2D eigenvalue weighted by atomic mass is 19.1. The predicted molar refractivity (Wildman–Crippen MR) is 73.1 cm³/mol. The smallest absolute Gasteiger partial charge is 0.335 e. The number of allylic oxidation sites excluding steroid dienone is 1. The summed E-state index contributed by atoms with van der Waals surface area (Å²) in [6.45, 7) is 0. The van der Waals surface area contributed by atoms with Gasteiger partial charge in [0, 0.05) is 6.07 Å². The second kappa shape index (κ2) is 6.09. The molecule has 0 aliphatic rings. The normalized spacial score (nSPS) is 10.8. The van der Waals surface area contributed by atoms with Crippen LogP contribution >= 0.6 is 0 Å². The molecule has 0 saturated heterocycles. The van der Waals surface area contributed by atoms with E-state index in [0.29, 0.717) is 11.6 Å². The molecule has 2 rings (SSSR count). The van der Waals surface area contributed by atoms with Crippen LogP contribution in [0.15, 0.2) is 48.5 Å². The molecule has 0 fully saturated rings. The maximum atomic E-state index is 13.4. The average molecular weight is 288 g/mol. The van der Waals surface area contributed by atoms with Crippen LogP contribution in [0.2, 0.25) is 0 Å². The number of hydrogen-bond acceptors (Lipinski definition) is 2. The molecule has 0 aromatic heterocycles. The van der Waals surface area contributed by atoms with E-state index in [9.17, 15) is 18.4 Å². The Hall–Kier alpha value is -2.82. The highest BCUT2D eigenvalue weighted by Gasteiger charge is 2.09. The second-order valence-electron chi connectivity index (χ2n) is 4.25. The summed E-state index contributed by atoms with van der Waals surface area (Å²) in [6.07, 6.45) is 2.57. The van der Waals surface area contributed by atoms with E-state index in [1.807, 2.05) is 0 Å². The predicted octanol–water partition coefficient (Wildman–Crippen LogP) is 3.56. The molecule has 0 saturated carbocycles. The molecule has 0 aliphatic heterocycles. The first-order chi connectivity index (χ1) is 9.97. The van der Waals surface area contributed by atoms with Crippen LogP contribution < -0.4 is 0 Å². The van der Waals surface area contributed by atoms with Gasteiger partial charge in [0.25, 0.3) is 0 Å². The summed E-state index contributed by atoms with van der Waals surface area (Å²) in [6, 6.07) is 8.55. The zero-order valence-electron chi connectivity index (χ0n) is 10.7. The van der Waals surface area contributed by atoms with E-state index >= 15 is 0 Å². The summed E-state index contributed by atoms with van der Waals surface area (Å²) in [5, 5.41) is 8.75. The lowest BCUT2D eigenvalue weighted by atomic mass is 10.1. The molecular weight excluding hydrogens is 278 g/mol. The summed E-state index contributed by atoms with van der Waals surface area (Å²) < 4.78 is 26.2. The van der Waals surface area contributed by atoms with Crippen molar-refractivity contribution in [3.8, 4) is 0 Å². The van der Waals surface area contributed by atoms with Crippen LogP contribution in [0.1, 0.15) is 26.3 Å². The van der Waals surface area contributed by atoms with Crippen molar-refractivity contribution in [3.05, 3.63) is 76.9 Å². The molecule has 0 heterocycles. The number of rotatable bonds is 4. The summed E-state index contributed by atoms with van der Waals surface area (Å²) in [5.74, 6) is -3.33. The maximum absolute atomic E-state index is 13.4. The van der Waals surface area contributed by atoms with Crippen molar-refractivity contribution >= 4 is 17.8 Å². The van der Waals surface area contributed by atoms with Gasteiger partial charge < -0.3 is 5.11 Å². The minimum atomic E-state index is -1.05. The number of benzene rings is 2.